The molecule has 4 saturated carbocycles. The minimum Gasteiger partial charge on any atom is -0.481 e. The van der Waals surface area contributed by atoms with Gasteiger partial charge < -0.3 is 10.1 Å². The van der Waals surface area contributed by atoms with Crippen molar-refractivity contribution < 1.29 is 4.74 Å². The van der Waals surface area contributed by atoms with Crippen LogP contribution in [0.2, 0.25) is 0 Å². The molecule has 4 aliphatic rings. The fraction of sp³-hybridized carbons (Fsp3) is 0.765. The van der Waals surface area contributed by atoms with Crippen LogP contribution in [0, 0.1) is 23.2 Å². The van der Waals surface area contributed by atoms with E-state index >= 15 is 0 Å². The molecule has 1 atom stereocenters. The third-order valence-corrected chi connectivity index (χ3v) is 6.19. The number of nitrogens with one attached hydrogen (secondary N) is 1. The van der Waals surface area contributed by atoms with Crippen LogP contribution in [0.25, 0.3) is 0 Å². The topological polar surface area (TPSA) is 47.0 Å². The van der Waals surface area contributed by atoms with Gasteiger partial charge in [-0.05, 0) is 68.6 Å². The second kappa shape index (κ2) is 4.85. The standard InChI is InChI=1S/C17H25N3O/c1-11(19-16-18-4-3-15(20-16)21-2)17-8-12-5-13(9-17)7-14(6-12)10-17/h3-4,11-14H,5-10H2,1-2H3,(H,18,19,20). The molecule has 4 fully saturated rings. The summed E-state index contributed by atoms with van der Waals surface area (Å²) in [6.45, 7) is 2.33. The van der Waals surface area contributed by atoms with Crippen molar-refractivity contribution in [2.45, 2.75) is 51.5 Å². The molecule has 0 spiro atoms. The smallest absolute Gasteiger partial charge is 0.226 e. The van der Waals surface area contributed by atoms with Gasteiger partial charge in [-0.1, -0.05) is 0 Å². The molecule has 5 rings (SSSR count). The second-order valence-electron chi connectivity index (χ2n) is 7.57. The van der Waals surface area contributed by atoms with E-state index in [2.05, 4.69) is 22.2 Å². The molecule has 0 radical (unpaired) electrons. The summed E-state index contributed by atoms with van der Waals surface area (Å²) < 4.78 is 5.19. The predicted molar refractivity (Wildman–Crippen MR) is 82.3 cm³/mol. The fourth-order valence-electron chi connectivity index (χ4n) is 5.58. The Balaban J connectivity index is 1.53. The average Bonchev–Trinajstić information content (AvgIpc) is 2.46. The third-order valence-electron chi connectivity index (χ3n) is 6.19. The zero-order valence-electron chi connectivity index (χ0n) is 13.0. The van der Waals surface area contributed by atoms with E-state index in [1.54, 1.807) is 19.4 Å². The Bertz CT molecular complexity index is 495. The summed E-state index contributed by atoms with van der Waals surface area (Å²) >= 11 is 0. The molecule has 1 N–H and O–H groups in total. The van der Waals surface area contributed by atoms with Gasteiger partial charge in [-0.15, -0.1) is 0 Å². The van der Waals surface area contributed by atoms with Crippen LogP contribution in [-0.2, 0) is 0 Å². The van der Waals surface area contributed by atoms with Crippen LogP contribution in [0.1, 0.15) is 45.4 Å². The summed E-state index contributed by atoms with van der Waals surface area (Å²) in [6, 6.07) is 2.23. The number of hydrogen-bond donors (Lipinski definition) is 1. The highest BCUT2D eigenvalue weighted by atomic mass is 16.5. The van der Waals surface area contributed by atoms with Crippen LogP contribution in [0.5, 0.6) is 5.88 Å². The molecule has 1 heterocycles. The highest BCUT2D eigenvalue weighted by Crippen LogP contribution is 2.61. The first-order chi connectivity index (χ1) is 10.2. The number of aromatic nitrogens is 2. The molecule has 21 heavy (non-hydrogen) atoms. The van der Waals surface area contributed by atoms with Crippen molar-refractivity contribution >= 4 is 5.95 Å². The van der Waals surface area contributed by atoms with Gasteiger partial charge in [0.05, 0.1) is 7.11 Å². The second-order valence-corrected chi connectivity index (χ2v) is 7.57. The summed E-state index contributed by atoms with van der Waals surface area (Å²) in [7, 11) is 1.65. The molecule has 0 saturated heterocycles. The SMILES string of the molecule is COc1ccnc(NC(C)C23CC4CC(CC(C4)C2)C3)n1. The van der Waals surface area contributed by atoms with Crippen LogP contribution in [0.15, 0.2) is 12.3 Å². The van der Waals surface area contributed by atoms with Crippen molar-refractivity contribution in [3.63, 3.8) is 0 Å². The van der Waals surface area contributed by atoms with Crippen LogP contribution in [-0.4, -0.2) is 23.1 Å². The monoisotopic (exact) mass is 287 g/mol. The molecule has 1 aromatic heterocycles. The molecular formula is C17H25N3O. The largest absolute Gasteiger partial charge is 0.481 e. The number of hydrogen-bond acceptors (Lipinski definition) is 4. The van der Waals surface area contributed by atoms with E-state index in [9.17, 15) is 0 Å². The summed E-state index contributed by atoms with van der Waals surface area (Å²) in [4.78, 5) is 8.77. The molecule has 0 amide bonds. The van der Waals surface area contributed by atoms with Crippen molar-refractivity contribution in [3.05, 3.63) is 12.3 Å². The van der Waals surface area contributed by atoms with Gasteiger partial charge in [-0.25, -0.2) is 4.98 Å². The summed E-state index contributed by atoms with van der Waals surface area (Å²) in [5.41, 5.74) is 0.473. The molecular weight excluding hydrogens is 262 g/mol. The van der Waals surface area contributed by atoms with Crippen molar-refractivity contribution in [2.75, 3.05) is 12.4 Å². The molecule has 4 bridgehead atoms. The molecule has 1 unspecified atom stereocenters. The molecule has 0 aliphatic heterocycles. The van der Waals surface area contributed by atoms with Crippen molar-refractivity contribution in [1.29, 1.82) is 0 Å². The van der Waals surface area contributed by atoms with Gasteiger partial charge in [0, 0.05) is 18.3 Å². The lowest BCUT2D eigenvalue weighted by atomic mass is 9.48. The van der Waals surface area contributed by atoms with Gasteiger partial charge >= 0.3 is 0 Å². The zero-order chi connectivity index (χ0) is 14.4. The minimum absolute atomic E-state index is 0.443. The quantitative estimate of drug-likeness (QED) is 0.920. The Labute approximate surface area is 126 Å². The first kappa shape index (κ1) is 13.4. The normalized spacial score (nSPS) is 38.3. The number of nitrogens with zero attached hydrogens (tertiary/aromatic N) is 2. The van der Waals surface area contributed by atoms with E-state index in [4.69, 9.17) is 4.74 Å². The fourth-order valence-corrected chi connectivity index (χ4v) is 5.58. The van der Waals surface area contributed by atoms with E-state index in [1.807, 2.05) is 0 Å². The summed E-state index contributed by atoms with van der Waals surface area (Å²) in [5.74, 6) is 4.27. The predicted octanol–water partition coefficient (Wildman–Crippen LogP) is 3.50. The third kappa shape index (κ3) is 2.29. The first-order valence-electron chi connectivity index (χ1n) is 8.30. The van der Waals surface area contributed by atoms with Gasteiger partial charge in [0.15, 0.2) is 0 Å². The lowest BCUT2D eigenvalue weighted by Gasteiger charge is -2.59. The summed E-state index contributed by atoms with van der Waals surface area (Å²) in [5, 5.41) is 3.57. The lowest BCUT2D eigenvalue weighted by molar-refractivity contribution is -0.0603. The molecule has 4 aliphatic carbocycles. The maximum absolute atomic E-state index is 5.19. The van der Waals surface area contributed by atoms with E-state index in [-0.39, 0.29) is 0 Å². The Morgan fingerprint density at radius 1 is 1.19 bits per heavy atom. The minimum atomic E-state index is 0.443. The van der Waals surface area contributed by atoms with E-state index in [0.29, 0.717) is 23.3 Å². The molecule has 114 valence electrons. The van der Waals surface area contributed by atoms with Crippen molar-refractivity contribution in [2.24, 2.45) is 23.2 Å². The Hall–Kier alpha value is -1.32. The van der Waals surface area contributed by atoms with Crippen LogP contribution < -0.4 is 10.1 Å². The molecule has 1 aromatic rings. The Kier molecular flexibility index (Phi) is 3.09. The van der Waals surface area contributed by atoms with E-state index in [1.165, 1.54) is 38.5 Å². The Morgan fingerprint density at radius 3 is 2.38 bits per heavy atom. The highest BCUT2D eigenvalue weighted by Gasteiger charge is 2.53. The lowest BCUT2D eigenvalue weighted by Crippen LogP contribution is -2.53. The van der Waals surface area contributed by atoms with Crippen molar-refractivity contribution in [3.8, 4) is 5.88 Å². The average molecular weight is 287 g/mol. The first-order valence-corrected chi connectivity index (χ1v) is 8.30. The van der Waals surface area contributed by atoms with Gasteiger partial charge in [0.25, 0.3) is 0 Å². The maximum atomic E-state index is 5.19. The van der Waals surface area contributed by atoms with Gasteiger partial charge in [-0.3, -0.25) is 0 Å². The number of rotatable bonds is 4. The number of methoxy groups -OCH3 is 1. The van der Waals surface area contributed by atoms with Crippen LogP contribution in [0.3, 0.4) is 0 Å². The van der Waals surface area contributed by atoms with Crippen molar-refractivity contribution in [1.82, 2.24) is 9.97 Å². The summed E-state index contributed by atoms with van der Waals surface area (Å²) in [6.07, 6.45) is 10.4. The molecule has 4 heteroatoms. The maximum Gasteiger partial charge on any atom is 0.226 e. The number of anilines is 1. The van der Waals surface area contributed by atoms with E-state index < -0.39 is 0 Å². The molecule has 4 nitrogen and oxygen atoms in total. The highest BCUT2D eigenvalue weighted by molar-refractivity contribution is 5.30. The molecule has 0 aromatic carbocycles. The zero-order valence-corrected chi connectivity index (χ0v) is 13.0. The van der Waals surface area contributed by atoms with Gasteiger partial charge in [0.2, 0.25) is 11.8 Å². The van der Waals surface area contributed by atoms with E-state index in [0.717, 1.165) is 17.8 Å². The number of ether oxygens (including phenoxy) is 1. The van der Waals surface area contributed by atoms with Crippen LogP contribution >= 0.6 is 0 Å². The van der Waals surface area contributed by atoms with Crippen LogP contribution in [0.4, 0.5) is 5.95 Å². The van der Waals surface area contributed by atoms with Gasteiger partial charge in [-0.2, -0.15) is 4.98 Å². The Morgan fingerprint density at radius 2 is 1.81 bits per heavy atom. The van der Waals surface area contributed by atoms with Gasteiger partial charge in [0.1, 0.15) is 0 Å².